The average Bonchev–Trinajstić information content (AvgIpc) is 3.64. The summed E-state index contributed by atoms with van der Waals surface area (Å²) in [5.41, 5.74) is 8.67. The molecule has 2 aromatic carbocycles. The predicted octanol–water partition coefficient (Wildman–Crippen LogP) is 2.46. The lowest BCUT2D eigenvalue weighted by atomic mass is 9.92. The quantitative estimate of drug-likeness (QED) is 0.593. The van der Waals surface area contributed by atoms with Gasteiger partial charge in [-0.05, 0) is 43.5 Å². The minimum absolute atomic E-state index is 0.0554. The summed E-state index contributed by atoms with van der Waals surface area (Å²) >= 11 is 0. The zero-order valence-corrected chi connectivity index (χ0v) is 20.2. The molecule has 0 radical (unpaired) electrons. The zero-order chi connectivity index (χ0) is 23.5. The Morgan fingerprint density at radius 1 is 1.18 bits per heavy atom. The molecule has 1 unspecified atom stereocenters. The lowest BCUT2D eigenvalue weighted by Crippen LogP contribution is -2.69. The molecule has 8 nitrogen and oxygen atoms in total. The van der Waals surface area contributed by atoms with Crippen molar-refractivity contribution in [2.24, 2.45) is 10.1 Å². The Morgan fingerprint density at radius 2 is 1.97 bits per heavy atom. The molecule has 0 amide bonds. The maximum Gasteiger partial charge on any atom is 0.228 e. The smallest absolute Gasteiger partial charge is 0.228 e. The number of fused-ring (bicyclic) bond motifs is 2. The van der Waals surface area contributed by atoms with Gasteiger partial charge in [-0.2, -0.15) is 4.98 Å². The van der Waals surface area contributed by atoms with Crippen LogP contribution in [0.3, 0.4) is 0 Å². The van der Waals surface area contributed by atoms with Crippen LogP contribution in [0.25, 0.3) is 10.9 Å². The maximum atomic E-state index is 14.0. The van der Waals surface area contributed by atoms with E-state index in [1.165, 1.54) is 0 Å². The normalized spacial score (nSPS) is 23.9. The number of nitrogens with two attached hydrogens (primary N) is 1. The molecule has 2 aliphatic heterocycles. The molecular formula is C25H30N6O2S. The van der Waals surface area contributed by atoms with Crippen LogP contribution in [-0.4, -0.2) is 62.9 Å². The Morgan fingerprint density at radius 3 is 2.74 bits per heavy atom. The van der Waals surface area contributed by atoms with Crippen molar-refractivity contribution in [1.82, 2.24) is 9.97 Å². The molecule has 2 fully saturated rings. The second kappa shape index (κ2) is 7.90. The summed E-state index contributed by atoms with van der Waals surface area (Å²) < 4.78 is 18.8. The topological polar surface area (TPSA) is 108 Å². The highest BCUT2D eigenvalue weighted by Gasteiger charge is 2.40. The first-order chi connectivity index (χ1) is 16.4. The maximum absolute atomic E-state index is 14.0. The van der Waals surface area contributed by atoms with Crippen LogP contribution in [0.4, 0.5) is 11.8 Å². The molecule has 1 saturated heterocycles. The number of aryl methyl sites for hydroxylation is 1. The molecular weight excluding hydrogens is 448 g/mol. The van der Waals surface area contributed by atoms with Crippen molar-refractivity contribution in [3.63, 3.8) is 0 Å². The van der Waals surface area contributed by atoms with E-state index in [0.29, 0.717) is 37.9 Å². The third-order valence-electron chi connectivity index (χ3n) is 6.91. The van der Waals surface area contributed by atoms with Gasteiger partial charge in [0, 0.05) is 31.6 Å². The first kappa shape index (κ1) is 21.8. The number of hydrogen-bond acceptors (Lipinski definition) is 8. The fourth-order valence-electron chi connectivity index (χ4n) is 4.84. The summed E-state index contributed by atoms with van der Waals surface area (Å²) in [5, 5.41) is 10.6. The van der Waals surface area contributed by atoms with Crippen LogP contribution in [0.1, 0.15) is 24.0 Å². The zero-order valence-electron chi connectivity index (χ0n) is 19.4. The largest absolute Gasteiger partial charge is 0.394 e. The minimum atomic E-state index is -2.48. The second-order valence-corrected chi connectivity index (χ2v) is 12.3. The molecule has 3 aliphatic rings. The van der Waals surface area contributed by atoms with E-state index in [2.05, 4.69) is 28.9 Å². The van der Waals surface area contributed by atoms with Crippen LogP contribution in [-0.2, 0) is 16.3 Å². The van der Waals surface area contributed by atoms with Crippen LogP contribution in [0.15, 0.2) is 51.7 Å². The van der Waals surface area contributed by atoms with Gasteiger partial charge in [-0.1, -0.05) is 29.8 Å². The van der Waals surface area contributed by atoms with Gasteiger partial charge in [0.25, 0.3) is 0 Å². The van der Waals surface area contributed by atoms with Gasteiger partial charge in [0.15, 0.2) is 0 Å². The van der Waals surface area contributed by atoms with Crippen molar-refractivity contribution in [2.45, 2.75) is 42.8 Å². The van der Waals surface area contributed by atoms with Gasteiger partial charge in [0.1, 0.15) is 5.82 Å². The summed E-state index contributed by atoms with van der Waals surface area (Å²) in [5.74, 6) is 1.92. The Hall–Kier alpha value is -2.75. The fraction of sp³-hybridized carbons (Fsp3) is 0.440. The van der Waals surface area contributed by atoms with Crippen LogP contribution in [0, 0.1) is 6.92 Å². The number of aliphatic hydroxyl groups excluding tert-OH is 1. The Labute approximate surface area is 200 Å². The summed E-state index contributed by atoms with van der Waals surface area (Å²) in [6, 6.07) is 14.4. The molecule has 1 saturated carbocycles. The number of rotatable bonds is 4. The molecule has 1 atom stereocenters. The second-order valence-electron chi connectivity index (χ2n) is 9.95. The summed E-state index contributed by atoms with van der Waals surface area (Å²) in [6.45, 7) is 4.24. The van der Waals surface area contributed by atoms with E-state index in [1.54, 1.807) is 0 Å². The van der Waals surface area contributed by atoms with E-state index in [0.717, 1.165) is 45.6 Å². The van der Waals surface area contributed by atoms with Crippen molar-refractivity contribution in [3.05, 3.63) is 53.6 Å². The van der Waals surface area contributed by atoms with Gasteiger partial charge < -0.3 is 20.6 Å². The number of nitrogens with zero attached hydrogens (tertiary/aromatic N) is 5. The Bertz CT molecular complexity index is 1390. The van der Waals surface area contributed by atoms with Crippen molar-refractivity contribution in [3.8, 4) is 0 Å². The van der Waals surface area contributed by atoms with Gasteiger partial charge in [-0.15, -0.1) is 0 Å². The van der Waals surface area contributed by atoms with Gasteiger partial charge >= 0.3 is 0 Å². The van der Waals surface area contributed by atoms with Gasteiger partial charge in [0.2, 0.25) is 5.95 Å². The molecule has 6 rings (SSSR count). The van der Waals surface area contributed by atoms with Crippen LogP contribution >= 0.6 is 0 Å². The van der Waals surface area contributed by atoms with E-state index in [1.807, 2.05) is 30.3 Å². The Kier molecular flexibility index (Phi) is 5.05. The van der Waals surface area contributed by atoms with Crippen molar-refractivity contribution in [1.29, 1.82) is 0 Å². The van der Waals surface area contributed by atoms with Crippen molar-refractivity contribution in [2.75, 3.05) is 41.8 Å². The number of hydrogen-bond donors (Lipinski definition) is 2. The summed E-state index contributed by atoms with van der Waals surface area (Å²) in [4.78, 5) is 15.0. The van der Waals surface area contributed by atoms with E-state index in [-0.39, 0.29) is 12.6 Å². The molecule has 3 heterocycles. The predicted molar refractivity (Wildman–Crippen MR) is 135 cm³/mol. The lowest BCUT2D eigenvalue weighted by Gasteiger charge is -2.47. The number of anilines is 2. The van der Waals surface area contributed by atoms with Gasteiger partial charge in [-0.3, -0.25) is 0 Å². The number of aliphatic hydroxyl groups is 1. The average molecular weight is 479 g/mol. The summed E-state index contributed by atoms with van der Waals surface area (Å²) in [6.07, 6.45) is 2.07. The van der Waals surface area contributed by atoms with E-state index < -0.39 is 15.3 Å². The van der Waals surface area contributed by atoms with Gasteiger partial charge in [0.05, 0.1) is 44.1 Å². The molecule has 0 spiro atoms. The molecule has 9 heteroatoms. The van der Waals surface area contributed by atoms with Crippen LogP contribution in [0.5, 0.6) is 0 Å². The molecule has 178 valence electrons. The van der Waals surface area contributed by atoms with E-state index in [4.69, 9.17) is 20.1 Å². The molecule has 3 aromatic rings. The monoisotopic (exact) mass is 478 g/mol. The molecule has 3 N–H and O–H groups in total. The number of benzene rings is 2. The highest BCUT2D eigenvalue weighted by atomic mass is 32.2. The lowest BCUT2D eigenvalue weighted by molar-refractivity contribution is 0.167. The highest BCUT2D eigenvalue weighted by molar-refractivity contribution is 7.93. The first-order valence-corrected chi connectivity index (χ1v) is 13.5. The van der Waals surface area contributed by atoms with Crippen LogP contribution < -0.4 is 15.5 Å². The SMILES string of the molecule is Cc1ccc2nc(N3CCS(=O)(=NC4CC4)c4ccccc4C3)nc(N3CC(N)(CO)C3)c2c1. The molecule has 0 bridgehead atoms. The number of aromatic nitrogens is 2. The van der Waals surface area contributed by atoms with Crippen LogP contribution in [0.2, 0.25) is 0 Å². The third-order valence-corrected chi connectivity index (χ3v) is 9.37. The van der Waals surface area contributed by atoms with Gasteiger partial charge in [-0.25, -0.2) is 13.6 Å². The molecule has 1 aromatic heterocycles. The fourth-order valence-corrected chi connectivity index (χ4v) is 7.27. The summed E-state index contributed by atoms with van der Waals surface area (Å²) in [7, 11) is -2.48. The van der Waals surface area contributed by atoms with Crippen molar-refractivity contribution < 1.29 is 9.32 Å². The first-order valence-electron chi connectivity index (χ1n) is 11.9. The molecule has 34 heavy (non-hydrogen) atoms. The van der Waals surface area contributed by atoms with E-state index >= 15 is 0 Å². The highest BCUT2D eigenvalue weighted by Crippen LogP contribution is 2.35. The Balaban J connectivity index is 1.42. The minimum Gasteiger partial charge on any atom is -0.394 e. The third kappa shape index (κ3) is 3.81. The van der Waals surface area contributed by atoms with Crippen molar-refractivity contribution >= 4 is 32.4 Å². The standard InChI is InChI=1S/C25H30N6O2S/c1-17-6-9-21-20(12-17)23(31-14-25(26,15-31)16-32)28-24(27-21)30-10-11-34(33,29-19-7-8-19)22-5-3-2-4-18(22)13-30/h2-6,9,12,19,32H,7-8,10-11,13-16,26H2,1H3. The molecule has 1 aliphatic carbocycles. The van der Waals surface area contributed by atoms with E-state index in [9.17, 15) is 9.32 Å².